The smallest absolute Gasteiger partial charge is 0.0510 e. The van der Waals surface area contributed by atoms with Gasteiger partial charge >= 0.3 is 0 Å². The molecule has 1 heterocycles. The normalized spacial score (nSPS) is 26.9. The molecule has 0 saturated carbocycles. The summed E-state index contributed by atoms with van der Waals surface area (Å²) < 4.78 is 0. The van der Waals surface area contributed by atoms with Crippen LogP contribution < -0.4 is 5.43 Å². The molecule has 0 aliphatic carbocycles. The van der Waals surface area contributed by atoms with Gasteiger partial charge in [0.1, 0.15) is 0 Å². The Hall–Kier alpha value is -0.500. The molecular formula is C8H16N2. The molecular weight excluding hydrogens is 124 g/mol. The van der Waals surface area contributed by atoms with Crippen molar-refractivity contribution < 1.29 is 0 Å². The Balaban J connectivity index is 2.60. The highest BCUT2D eigenvalue weighted by atomic mass is 15.5. The van der Waals surface area contributed by atoms with Crippen molar-refractivity contribution in [1.82, 2.24) is 10.4 Å². The van der Waals surface area contributed by atoms with Crippen LogP contribution in [0.5, 0.6) is 0 Å². The summed E-state index contributed by atoms with van der Waals surface area (Å²) in [4.78, 5) is 0. The van der Waals surface area contributed by atoms with Crippen LogP contribution in [0.1, 0.15) is 20.8 Å². The molecule has 1 aliphatic heterocycles. The SMILES string of the molecule is CC1=CC(C(C)C)N(C)N1. The third-order valence-electron chi connectivity index (χ3n) is 1.90. The summed E-state index contributed by atoms with van der Waals surface area (Å²) in [6, 6.07) is 0.569. The van der Waals surface area contributed by atoms with Crippen LogP contribution in [0.4, 0.5) is 0 Å². The van der Waals surface area contributed by atoms with Crippen molar-refractivity contribution in [3.05, 3.63) is 11.8 Å². The minimum absolute atomic E-state index is 0.569. The van der Waals surface area contributed by atoms with Crippen LogP contribution in [0, 0.1) is 5.92 Å². The molecule has 1 atom stereocenters. The summed E-state index contributed by atoms with van der Waals surface area (Å²) in [6.07, 6.45) is 2.27. The standard InChI is InChI=1S/C8H16N2/c1-6(2)8-5-7(3)9-10(8)4/h5-6,8-9H,1-4H3. The summed E-state index contributed by atoms with van der Waals surface area (Å²) >= 11 is 0. The number of hydrazine groups is 1. The maximum Gasteiger partial charge on any atom is 0.0510 e. The Kier molecular flexibility index (Phi) is 2.00. The lowest BCUT2D eigenvalue weighted by molar-refractivity contribution is 0.206. The van der Waals surface area contributed by atoms with E-state index in [-0.39, 0.29) is 0 Å². The first kappa shape index (κ1) is 7.61. The third-order valence-corrected chi connectivity index (χ3v) is 1.90. The summed E-state index contributed by atoms with van der Waals surface area (Å²) in [6.45, 7) is 6.56. The molecule has 0 bridgehead atoms. The van der Waals surface area contributed by atoms with E-state index in [0.717, 1.165) is 0 Å². The minimum Gasteiger partial charge on any atom is -0.323 e. The molecule has 1 rings (SSSR count). The molecule has 1 N–H and O–H groups in total. The highest BCUT2D eigenvalue weighted by Gasteiger charge is 2.20. The lowest BCUT2D eigenvalue weighted by Crippen LogP contribution is -2.37. The first-order valence-electron chi connectivity index (χ1n) is 3.79. The molecule has 0 aromatic carbocycles. The molecule has 2 heteroatoms. The van der Waals surface area contributed by atoms with Crippen molar-refractivity contribution in [1.29, 1.82) is 0 Å². The van der Waals surface area contributed by atoms with E-state index in [9.17, 15) is 0 Å². The van der Waals surface area contributed by atoms with E-state index in [4.69, 9.17) is 0 Å². The largest absolute Gasteiger partial charge is 0.323 e. The Morgan fingerprint density at radius 2 is 2.20 bits per heavy atom. The Labute approximate surface area is 62.9 Å². The van der Waals surface area contributed by atoms with Crippen LogP contribution >= 0.6 is 0 Å². The third kappa shape index (κ3) is 1.32. The first-order chi connectivity index (χ1) is 4.61. The highest BCUT2D eigenvalue weighted by Crippen LogP contribution is 2.15. The second-order valence-electron chi connectivity index (χ2n) is 3.31. The summed E-state index contributed by atoms with van der Waals surface area (Å²) in [5.74, 6) is 0.690. The average molecular weight is 140 g/mol. The number of nitrogens with zero attached hydrogens (tertiary/aromatic N) is 1. The summed E-state index contributed by atoms with van der Waals surface area (Å²) in [5.41, 5.74) is 4.51. The van der Waals surface area contributed by atoms with E-state index in [2.05, 4.69) is 44.3 Å². The minimum atomic E-state index is 0.569. The zero-order valence-corrected chi connectivity index (χ0v) is 7.18. The Bertz CT molecular complexity index is 149. The molecule has 58 valence electrons. The molecule has 0 saturated heterocycles. The van der Waals surface area contributed by atoms with E-state index in [1.54, 1.807) is 0 Å². The Morgan fingerprint density at radius 1 is 1.60 bits per heavy atom. The summed E-state index contributed by atoms with van der Waals surface area (Å²) in [7, 11) is 2.08. The number of likely N-dealkylation sites (N-methyl/N-ethyl adjacent to an activating group) is 1. The second-order valence-corrected chi connectivity index (χ2v) is 3.31. The van der Waals surface area contributed by atoms with Gasteiger partial charge in [0.05, 0.1) is 6.04 Å². The molecule has 2 nitrogen and oxygen atoms in total. The molecule has 0 radical (unpaired) electrons. The predicted octanol–water partition coefficient (Wildman–Crippen LogP) is 1.36. The summed E-state index contributed by atoms with van der Waals surface area (Å²) in [5, 5.41) is 2.15. The van der Waals surface area contributed by atoms with Crippen LogP contribution in [0.25, 0.3) is 0 Å². The number of allylic oxidation sites excluding steroid dienone is 1. The molecule has 10 heavy (non-hydrogen) atoms. The van der Waals surface area contributed by atoms with E-state index < -0.39 is 0 Å². The number of hydrogen-bond acceptors (Lipinski definition) is 2. The van der Waals surface area contributed by atoms with Gasteiger partial charge in [0.2, 0.25) is 0 Å². The fourth-order valence-corrected chi connectivity index (χ4v) is 1.40. The zero-order chi connectivity index (χ0) is 7.72. The fraction of sp³-hybridized carbons (Fsp3) is 0.750. The molecule has 0 aromatic heterocycles. The van der Waals surface area contributed by atoms with E-state index in [1.165, 1.54) is 5.70 Å². The predicted molar refractivity (Wildman–Crippen MR) is 43.3 cm³/mol. The molecule has 0 spiro atoms. The van der Waals surface area contributed by atoms with E-state index in [1.807, 2.05) is 0 Å². The van der Waals surface area contributed by atoms with Gasteiger partial charge in [0.15, 0.2) is 0 Å². The van der Waals surface area contributed by atoms with Gasteiger partial charge in [-0.15, -0.1) is 0 Å². The van der Waals surface area contributed by atoms with Crippen LogP contribution in [-0.4, -0.2) is 18.1 Å². The van der Waals surface area contributed by atoms with Gasteiger partial charge in [0.25, 0.3) is 0 Å². The average Bonchev–Trinajstić information content (AvgIpc) is 2.10. The Morgan fingerprint density at radius 3 is 2.40 bits per heavy atom. The van der Waals surface area contributed by atoms with Crippen LogP contribution in [0.15, 0.2) is 11.8 Å². The van der Waals surface area contributed by atoms with Crippen molar-refractivity contribution in [2.45, 2.75) is 26.8 Å². The molecule has 0 aromatic rings. The van der Waals surface area contributed by atoms with Crippen molar-refractivity contribution in [2.24, 2.45) is 5.92 Å². The van der Waals surface area contributed by atoms with Crippen molar-refractivity contribution in [3.63, 3.8) is 0 Å². The molecule has 1 unspecified atom stereocenters. The van der Waals surface area contributed by atoms with Crippen molar-refractivity contribution in [3.8, 4) is 0 Å². The second kappa shape index (κ2) is 2.62. The maximum atomic E-state index is 3.24. The van der Waals surface area contributed by atoms with Gasteiger partial charge in [-0.2, -0.15) is 0 Å². The first-order valence-corrected chi connectivity index (χ1v) is 3.79. The topological polar surface area (TPSA) is 15.3 Å². The molecule has 0 amide bonds. The zero-order valence-electron chi connectivity index (χ0n) is 7.18. The van der Waals surface area contributed by atoms with Gasteiger partial charge in [-0.05, 0) is 18.9 Å². The molecule has 0 fully saturated rings. The number of hydrogen-bond donors (Lipinski definition) is 1. The van der Waals surface area contributed by atoms with Crippen LogP contribution in [0.2, 0.25) is 0 Å². The number of rotatable bonds is 1. The van der Waals surface area contributed by atoms with Crippen molar-refractivity contribution >= 4 is 0 Å². The van der Waals surface area contributed by atoms with E-state index in [0.29, 0.717) is 12.0 Å². The van der Waals surface area contributed by atoms with Crippen LogP contribution in [0.3, 0.4) is 0 Å². The highest BCUT2D eigenvalue weighted by molar-refractivity contribution is 5.08. The lowest BCUT2D eigenvalue weighted by Gasteiger charge is -2.22. The fourth-order valence-electron chi connectivity index (χ4n) is 1.40. The van der Waals surface area contributed by atoms with Crippen LogP contribution in [-0.2, 0) is 0 Å². The monoisotopic (exact) mass is 140 g/mol. The number of nitrogens with one attached hydrogen (secondary N) is 1. The quantitative estimate of drug-likeness (QED) is 0.591. The van der Waals surface area contributed by atoms with Crippen molar-refractivity contribution in [2.75, 3.05) is 7.05 Å². The van der Waals surface area contributed by atoms with Gasteiger partial charge in [0, 0.05) is 12.7 Å². The van der Waals surface area contributed by atoms with E-state index >= 15 is 0 Å². The van der Waals surface area contributed by atoms with Gasteiger partial charge in [-0.1, -0.05) is 13.8 Å². The van der Waals surface area contributed by atoms with Gasteiger partial charge in [-0.25, -0.2) is 5.01 Å². The maximum absolute atomic E-state index is 3.24. The van der Waals surface area contributed by atoms with Gasteiger partial charge < -0.3 is 5.43 Å². The molecule has 1 aliphatic rings. The lowest BCUT2D eigenvalue weighted by atomic mass is 10.0. The van der Waals surface area contributed by atoms with Gasteiger partial charge in [-0.3, -0.25) is 0 Å².